The molecule has 0 aliphatic carbocycles. The van der Waals surface area contributed by atoms with Gasteiger partial charge in [0, 0.05) is 0 Å². The van der Waals surface area contributed by atoms with Crippen LogP contribution in [0.2, 0.25) is 0 Å². The summed E-state index contributed by atoms with van der Waals surface area (Å²) in [6.45, 7) is 6.21. The van der Waals surface area contributed by atoms with Gasteiger partial charge in [0.1, 0.15) is 18.1 Å². The molecule has 6 atom stereocenters. The average molecular weight is 435 g/mol. The van der Waals surface area contributed by atoms with Crippen molar-refractivity contribution in [2.75, 3.05) is 12.0 Å². The third-order valence-corrected chi connectivity index (χ3v) is 5.21. The van der Waals surface area contributed by atoms with Crippen molar-refractivity contribution in [3.8, 4) is 0 Å². The summed E-state index contributed by atoms with van der Waals surface area (Å²) in [5, 5.41) is 26.3. The van der Waals surface area contributed by atoms with Gasteiger partial charge in [0.25, 0.3) is 0 Å². The van der Waals surface area contributed by atoms with Crippen LogP contribution in [-0.4, -0.2) is 76.2 Å². The zero-order valence-electron chi connectivity index (χ0n) is 17.6. The highest BCUT2D eigenvalue weighted by Crippen LogP contribution is 2.08. The van der Waals surface area contributed by atoms with Gasteiger partial charge in [0.05, 0.1) is 12.1 Å². The van der Waals surface area contributed by atoms with E-state index in [0.29, 0.717) is 18.6 Å². The third-order valence-electron chi connectivity index (χ3n) is 4.56. The lowest BCUT2D eigenvalue weighted by atomic mass is 9.99. The molecule has 0 spiro atoms. The van der Waals surface area contributed by atoms with Gasteiger partial charge < -0.3 is 31.9 Å². The van der Waals surface area contributed by atoms with Gasteiger partial charge in [-0.3, -0.25) is 14.4 Å². The molecule has 0 aromatic heterocycles. The first-order chi connectivity index (χ1) is 13.5. The van der Waals surface area contributed by atoms with Crippen molar-refractivity contribution in [3.05, 3.63) is 0 Å². The van der Waals surface area contributed by atoms with Crippen LogP contribution in [0.15, 0.2) is 0 Å². The van der Waals surface area contributed by atoms with Gasteiger partial charge in [-0.05, 0) is 38.2 Å². The van der Waals surface area contributed by atoms with Crippen LogP contribution in [0, 0.1) is 5.92 Å². The van der Waals surface area contributed by atoms with E-state index in [1.807, 2.05) is 6.26 Å². The molecule has 3 amide bonds. The maximum Gasteiger partial charge on any atom is 0.326 e. The van der Waals surface area contributed by atoms with E-state index in [1.165, 1.54) is 25.6 Å². The van der Waals surface area contributed by atoms with Crippen molar-refractivity contribution >= 4 is 35.5 Å². The van der Waals surface area contributed by atoms with Crippen LogP contribution in [0.1, 0.15) is 40.5 Å². The van der Waals surface area contributed by atoms with E-state index in [-0.39, 0.29) is 5.92 Å². The van der Waals surface area contributed by atoms with Crippen LogP contribution in [0.25, 0.3) is 0 Å². The van der Waals surface area contributed by atoms with E-state index in [1.54, 1.807) is 13.8 Å². The first-order valence-electron chi connectivity index (χ1n) is 9.52. The van der Waals surface area contributed by atoms with E-state index < -0.39 is 54.0 Å². The van der Waals surface area contributed by atoms with Gasteiger partial charge in [0.2, 0.25) is 17.7 Å². The fourth-order valence-corrected chi connectivity index (χ4v) is 2.86. The lowest BCUT2D eigenvalue weighted by Gasteiger charge is -2.26. The summed E-state index contributed by atoms with van der Waals surface area (Å²) in [5.41, 5.74) is 5.77. The molecule has 29 heavy (non-hydrogen) atoms. The number of nitrogens with one attached hydrogen (secondary N) is 3. The Bertz CT molecular complexity index is 575. The number of carbonyl (C=O) groups excluding carboxylic acids is 3. The Hall–Kier alpha value is -1.85. The predicted molar refractivity (Wildman–Crippen MR) is 111 cm³/mol. The normalized spacial score (nSPS) is 17.2. The molecule has 0 aliphatic rings. The molecule has 0 radical (unpaired) electrons. The van der Waals surface area contributed by atoms with Gasteiger partial charge in [-0.15, -0.1) is 0 Å². The molecule has 6 unspecified atom stereocenters. The summed E-state index contributed by atoms with van der Waals surface area (Å²) < 4.78 is 0. The van der Waals surface area contributed by atoms with Crippen LogP contribution in [-0.2, 0) is 19.2 Å². The number of aliphatic hydroxyl groups excluding tert-OH is 1. The minimum Gasteiger partial charge on any atom is -0.480 e. The molecule has 0 saturated carbocycles. The first kappa shape index (κ1) is 27.1. The van der Waals surface area contributed by atoms with Gasteiger partial charge in [-0.2, -0.15) is 11.8 Å². The van der Waals surface area contributed by atoms with Crippen LogP contribution >= 0.6 is 11.8 Å². The Morgan fingerprint density at radius 2 is 1.52 bits per heavy atom. The highest BCUT2D eigenvalue weighted by Gasteiger charge is 2.31. The molecule has 0 saturated heterocycles. The van der Waals surface area contributed by atoms with E-state index in [9.17, 15) is 29.4 Å². The minimum atomic E-state index is -1.30. The fraction of sp³-hybridized carbons (Fsp3) is 0.778. The van der Waals surface area contributed by atoms with Gasteiger partial charge in [0.15, 0.2) is 0 Å². The van der Waals surface area contributed by atoms with Crippen molar-refractivity contribution < 1.29 is 29.4 Å². The molecule has 0 bridgehead atoms. The molecule has 168 valence electrons. The largest absolute Gasteiger partial charge is 0.480 e. The van der Waals surface area contributed by atoms with Crippen LogP contribution in [0.4, 0.5) is 0 Å². The Balaban J connectivity index is 4.98. The van der Waals surface area contributed by atoms with E-state index >= 15 is 0 Å². The number of hydrogen-bond donors (Lipinski definition) is 6. The maximum atomic E-state index is 12.5. The van der Waals surface area contributed by atoms with Gasteiger partial charge >= 0.3 is 5.97 Å². The number of amides is 3. The fourth-order valence-electron chi connectivity index (χ4n) is 2.37. The number of nitrogens with two attached hydrogens (primary N) is 1. The number of thioether (sulfide) groups is 1. The summed E-state index contributed by atoms with van der Waals surface area (Å²) in [5.74, 6) is -2.84. The molecule has 0 rings (SSSR count). The van der Waals surface area contributed by atoms with E-state index in [4.69, 9.17) is 5.73 Å². The average Bonchev–Trinajstić information content (AvgIpc) is 2.66. The molecule has 0 aromatic carbocycles. The number of aliphatic carboxylic acids is 1. The highest BCUT2D eigenvalue weighted by molar-refractivity contribution is 7.98. The molecular weight excluding hydrogens is 400 g/mol. The Kier molecular flexibility index (Phi) is 12.5. The monoisotopic (exact) mass is 434 g/mol. The zero-order chi connectivity index (χ0) is 22.7. The van der Waals surface area contributed by atoms with Crippen LogP contribution < -0.4 is 21.7 Å². The predicted octanol–water partition coefficient (Wildman–Crippen LogP) is -0.947. The number of aliphatic hydroxyl groups is 1. The number of carbonyl (C=O) groups is 4. The molecule has 11 heteroatoms. The highest BCUT2D eigenvalue weighted by atomic mass is 32.2. The molecule has 10 nitrogen and oxygen atoms in total. The molecule has 0 fully saturated rings. The summed E-state index contributed by atoms with van der Waals surface area (Å²) in [6.07, 6.45) is 1.60. The van der Waals surface area contributed by atoms with Crippen molar-refractivity contribution in [2.45, 2.75) is 70.8 Å². The van der Waals surface area contributed by atoms with Crippen molar-refractivity contribution in [3.63, 3.8) is 0 Å². The number of hydrogen-bond acceptors (Lipinski definition) is 7. The van der Waals surface area contributed by atoms with E-state index in [2.05, 4.69) is 16.0 Å². The van der Waals surface area contributed by atoms with E-state index in [0.717, 1.165) is 0 Å². The lowest BCUT2D eigenvalue weighted by molar-refractivity contribution is -0.143. The Labute approximate surface area is 175 Å². The quantitative estimate of drug-likeness (QED) is 0.215. The summed E-state index contributed by atoms with van der Waals surface area (Å²) >= 11 is 1.53. The lowest BCUT2D eigenvalue weighted by Crippen LogP contribution is -2.59. The summed E-state index contributed by atoms with van der Waals surface area (Å²) in [6, 6.07) is -4.29. The van der Waals surface area contributed by atoms with Gasteiger partial charge in [-0.25, -0.2) is 4.79 Å². The molecule has 7 N–H and O–H groups in total. The second-order valence-corrected chi connectivity index (χ2v) is 8.04. The molecule has 0 heterocycles. The van der Waals surface area contributed by atoms with Crippen molar-refractivity contribution in [1.29, 1.82) is 0 Å². The zero-order valence-corrected chi connectivity index (χ0v) is 18.4. The summed E-state index contributed by atoms with van der Waals surface area (Å²) in [4.78, 5) is 48.2. The van der Waals surface area contributed by atoms with Gasteiger partial charge in [-0.1, -0.05) is 20.3 Å². The minimum absolute atomic E-state index is 0.299. The number of carboxylic acid groups (broad SMARTS) is 1. The maximum absolute atomic E-state index is 12.5. The number of carboxylic acids is 1. The smallest absolute Gasteiger partial charge is 0.326 e. The Morgan fingerprint density at radius 3 is 1.97 bits per heavy atom. The molecule has 0 aromatic rings. The summed E-state index contributed by atoms with van der Waals surface area (Å²) in [7, 11) is 0. The molecule has 0 aliphatic heterocycles. The van der Waals surface area contributed by atoms with Crippen LogP contribution in [0.3, 0.4) is 0 Å². The van der Waals surface area contributed by atoms with Crippen molar-refractivity contribution in [1.82, 2.24) is 16.0 Å². The number of rotatable bonds is 13. The Morgan fingerprint density at radius 1 is 0.966 bits per heavy atom. The second-order valence-electron chi connectivity index (χ2n) is 7.06. The second kappa shape index (κ2) is 13.4. The molecular formula is C18H34N4O6S. The standard InChI is InChI=1S/C18H34N4O6S/c1-6-9(2)13(18(27)28)21-15(24)10(3)20-17(26)14(11(4)23)22-16(25)12(19)7-8-29-5/h9-14,23H,6-8,19H2,1-5H3,(H,20,26)(H,21,24)(H,22,25)(H,27,28). The van der Waals surface area contributed by atoms with Crippen LogP contribution in [0.5, 0.6) is 0 Å². The topological polar surface area (TPSA) is 171 Å². The third kappa shape index (κ3) is 9.46. The van der Waals surface area contributed by atoms with Crippen molar-refractivity contribution in [2.24, 2.45) is 11.7 Å². The first-order valence-corrected chi connectivity index (χ1v) is 10.9. The SMILES string of the molecule is CCC(C)C(NC(=O)C(C)NC(=O)C(NC(=O)C(N)CCSC)C(C)O)C(=O)O.